The van der Waals surface area contributed by atoms with Crippen molar-refractivity contribution in [1.29, 1.82) is 0 Å². The highest BCUT2D eigenvalue weighted by molar-refractivity contribution is 9.10. The van der Waals surface area contributed by atoms with Crippen molar-refractivity contribution in [3.63, 3.8) is 0 Å². The van der Waals surface area contributed by atoms with E-state index in [1.807, 2.05) is 26.0 Å². The van der Waals surface area contributed by atoms with Crippen LogP contribution in [-0.2, 0) is 4.74 Å². The van der Waals surface area contributed by atoms with Gasteiger partial charge in [0.2, 0.25) is 5.76 Å². The fraction of sp³-hybridized carbons (Fsp3) is 0.304. The van der Waals surface area contributed by atoms with E-state index in [0.717, 1.165) is 10.0 Å². The first-order valence-electron chi connectivity index (χ1n) is 9.81. The van der Waals surface area contributed by atoms with Crippen LogP contribution in [0, 0.1) is 0 Å². The van der Waals surface area contributed by atoms with E-state index in [1.54, 1.807) is 35.2 Å². The Bertz CT molecular complexity index is 1170. The third kappa shape index (κ3) is 3.92. The van der Waals surface area contributed by atoms with Crippen molar-refractivity contribution in [3.05, 3.63) is 79.1 Å². The molecule has 1 aliphatic rings. The second-order valence-corrected chi connectivity index (χ2v) is 8.90. The van der Waals surface area contributed by atoms with Gasteiger partial charge >= 0.3 is 0 Å². The number of carbonyl (C=O) groups excluding carboxylic acids is 1. The van der Waals surface area contributed by atoms with Gasteiger partial charge in [-0.15, -0.1) is 0 Å². The Labute approximate surface area is 187 Å². The molecule has 0 spiro atoms. The summed E-state index contributed by atoms with van der Waals surface area (Å²) in [5, 5.41) is 0.984. The Kier molecular flexibility index (Phi) is 6.00. The summed E-state index contributed by atoms with van der Waals surface area (Å²) in [7, 11) is 0. The van der Waals surface area contributed by atoms with Crippen LogP contribution in [0.1, 0.15) is 48.0 Å². The zero-order chi connectivity index (χ0) is 21.4. The summed E-state index contributed by atoms with van der Waals surface area (Å²) in [5.74, 6) is -0.189. The van der Waals surface area contributed by atoms with Gasteiger partial charge in [0.15, 0.2) is 5.43 Å². The van der Waals surface area contributed by atoms with Crippen molar-refractivity contribution in [2.75, 3.05) is 13.2 Å². The highest BCUT2D eigenvalue weighted by Crippen LogP contribution is 2.39. The van der Waals surface area contributed by atoms with Gasteiger partial charge in [0, 0.05) is 22.6 Å². The third-order valence-corrected chi connectivity index (χ3v) is 5.82. The zero-order valence-electron chi connectivity index (χ0n) is 16.7. The van der Waals surface area contributed by atoms with Crippen molar-refractivity contribution in [1.82, 2.24) is 4.90 Å². The van der Waals surface area contributed by atoms with Crippen molar-refractivity contribution >= 4 is 44.4 Å². The molecular formula is C23H21BrClNO4. The average molecular weight is 491 g/mol. The van der Waals surface area contributed by atoms with E-state index < -0.39 is 6.04 Å². The molecule has 0 saturated carbocycles. The number of halogens is 2. The molecule has 1 amide bonds. The number of amides is 1. The molecule has 30 heavy (non-hydrogen) atoms. The van der Waals surface area contributed by atoms with Crippen LogP contribution in [0.15, 0.2) is 56.1 Å². The van der Waals surface area contributed by atoms with Gasteiger partial charge in [-0.3, -0.25) is 9.59 Å². The Balaban J connectivity index is 1.83. The molecule has 1 unspecified atom stereocenters. The maximum absolute atomic E-state index is 13.4. The molecule has 1 atom stereocenters. The molecule has 1 aromatic heterocycles. The fourth-order valence-corrected chi connectivity index (χ4v) is 4.36. The Morgan fingerprint density at radius 3 is 2.73 bits per heavy atom. The molecule has 4 rings (SSSR count). The Hall–Kier alpha value is -2.15. The molecule has 5 nitrogen and oxygen atoms in total. The minimum Gasteiger partial charge on any atom is -0.450 e. The number of benzene rings is 2. The first kappa shape index (κ1) is 21.1. The smallest absolute Gasteiger partial charge is 0.290 e. The maximum Gasteiger partial charge on any atom is 0.290 e. The van der Waals surface area contributed by atoms with Crippen molar-refractivity contribution in [2.45, 2.75) is 32.4 Å². The van der Waals surface area contributed by atoms with Gasteiger partial charge in [-0.25, -0.2) is 0 Å². The lowest BCUT2D eigenvalue weighted by Crippen LogP contribution is -2.31. The van der Waals surface area contributed by atoms with E-state index in [-0.39, 0.29) is 23.2 Å². The lowest BCUT2D eigenvalue weighted by atomic mass is 9.98. The quantitative estimate of drug-likeness (QED) is 0.424. The topological polar surface area (TPSA) is 59.8 Å². The van der Waals surface area contributed by atoms with E-state index in [9.17, 15) is 9.59 Å². The highest BCUT2D eigenvalue weighted by Gasteiger charge is 2.42. The SMILES string of the molecule is CC(C)OCCCN1C(=O)c2oc3ccc(Br)cc3c(=O)c2C1c1cccc(Cl)c1. The predicted octanol–water partition coefficient (Wildman–Crippen LogP) is 5.57. The van der Waals surface area contributed by atoms with E-state index in [0.29, 0.717) is 41.1 Å². The van der Waals surface area contributed by atoms with Gasteiger partial charge in [-0.05, 0) is 56.2 Å². The van der Waals surface area contributed by atoms with Gasteiger partial charge in [-0.1, -0.05) is 39.7 Å². The predicted molar refractivity (Wildman–Crippen MR) is 120 cm³/mol. The van der Waals surface area contributed by atoms with Crippen molar-refractivity contribution in [2.24, 2.45) is 0 Å². The summed E-state index contributed by atoms with van der Waals surface area (Å²) in [4.78, 5) is 28.4. The number of hydrogen-bond donors (Lipinski definition) is 0. The van der Waals surface area contributed by atoms with Crippen LogP contribution in [-0.4, -0.2) is 30.1 Å². The first-order chi connectivity index (χ1) is 14.4. The number of carbonyl (C=O) groups is 1. The molecule has 0 saturated heterocycles. The number of fused-ring (bicyclic) bond motifs is 2. The van der Waals surface area contributed by atoms with Gasteiger partial charge in [0.05, 0.1) is 23.1 Å². The number of hydrogen-bond acceptors (Lipinski definition) is 4. The van der Waals surface area contributed by atoms with Crippen LogP contribution in [0.5, 0.6) is 0 Å². The van der Waals surface area contributed by atoms with Gasteiger partial charge in [0.1, 0.15) is 5.58 Å². The standard InChI is InChI=1S/C23H21BrClNO4/c1-13(2)29-10-4-9-26-20(14-5-3-6-16(25)11-14)19-21(27)17-12-15(24)7-8-18(17)30-22(19)23(26)28/h3,5-8,11-13,20H,4,9-10H2,1-2H3. The number of ether oxygens (including phenoxy) is 1. The van der Waals surface area contributed by atoms with Crippen LogP contribution in [0.3, 0.4) is 0 Å². The molecule has 0 bridgehead atoms. The highest BCUT2D eigenvalue weighted by atomic mass is 79.9. The van der Waals surface area contributed by atoms with Crippen LogP contribution in [0.2, 0.25) is 5.02 Å². The van der Waals surface area contributed by atoms with Crippen LogP contribution in [0.25, 0.3) is 11.0 Å². The minimum absolute atomic E-state index is 0.101. The normalized spacial score (nSPS) is 16.0. The van der Waals surface area contributed by atoms with Crippen LogP contribution >= 0.6 is 27.5 Å². The van der Waals surface area contributed by atoms with E-state index >= 15 is 0 Å². The summed E-state index contributed by atoms with van der Waals surface area (Å²) in [5.41, 5.74) is 1.33. The van der Waals surface area contributed by atoms with Crippen LogP contribution < -0.4 is 5.43 Å². The molecule has 0 N–H and O–H groups in total. The molecule has 3 aromatic rings. The molecule has 2 heterocycles. The summed E-state index contributed by atoms with van der Waals surface area (Å²) >= 11 is 9.63. The van der Waals surface area contributed by atoms with E-state index in [2.05, 4.69) is 15.9 Å². The fourth-order valence-electron chi connectivity index (χ4n) is 3.80. The Morgan fingerprint density at radius 2 is 2.00 bits per heavy atom. The van der Waals surface area contributed by atoms with Gasteiger partial charge in [-0.2, -0.15) is 0 Å². The monoisotopic (exact) mass is 489 g/mol. The summed E-state index contributed by atoms with van der Waals surface area (Å²) < 4.78 is 12.3. The Morgan fingerprint density at radius 1 is 1.20 bits per heavy atom. The lowest BCUT2D eigenvalue weighted by Gasteiger charge is -2.25. The molecule has 156 valence electrons. The molecule has 0 aliphatic carbocycles. The maximum atomic E-state index is 13.4. The third-order valence-electron chi connectivity index (χ3n) is 5.09. The van der Waals surface area contributed by atoms with Crippen molar-refractivity contribution < 1.29 is 13.9 Å². The van der Waals surface area contributed by atoms with E-state index in [4.69, 9.17) is 20.8 Å². The minimum atomic E-state index is -0.551. The molecular weight excluding hydrogens is 470 g/mol. The molecule has 2 aromatic carbocycles. The lowest BCUT2D eigenvalue weighted by molar-refractivity contribution is 0.0593. The molecule has 0 fully saturated rings. The van der Waals surface area contributed by atoms with Crippen LogP contribution in [0.4, 0.5) is 0 Å². The number of rotatable bonds is 6. The molecule has 7 heteroatoms. The second-order valence-electron chi connectivity index (χ2n) is 7.54. The summed E-state index contributed by atoms with van der Waals surface area (Å²) in [6.45, 7) is 4.90. The second kappa shape index (κ2) is 8.53. The number of nitrogens with zero attached hydrogens (tertiary/aromatic N) is 1. The molecule has 1 aliphatic heterocycles. The molecule has 0 radical (unpaired) electrons. The average Bonchev–Trinajstić information content (AvgIpc) is 2.98. The zero-order valence-corrected chi connectivity index (χ0v) is 19.0. The van der Waals surface area contributed by atoms with E-state index in [1.165, 1.54) is 0 Å². The summed E-state index contributed by atoms with van der Waals surface area (Å²) in [6.07, 6.45) is 0.765. The largest absolute Gasteiger partial charge is 0.450 e. The van der Waals surface area contributed by atoms with Gasteiger partial charge in [0.25, 0.3) is 5.91 Å². The van der Waals surface area contributed by atoms with Gasteiger partial charge < -0.3 is 14.1 Å². The first-order valence-corrected chi connectivity index (χ1v) is 11.0. The summed E-state index contributed by atoms with van der Waals surface area (Å²) in [6, 6.07) is 11.9. The van der Waals surface area contributed by atoms with Crippen molar-refractivity contribution in [3.8, 4) is 0 Å².